The molecule has 3 amide bonds. The van der Waals surface area contributed by atoms with Crippen molar-refractivity contribution in [2.24, 2.45) is 0 Å². The van der Waals surface area contributed by atoms with E-state index in [1.165, 1.54) is 4.90 Å². The number of nitrogens with zero attached hydrogens (tertiary/aromatic N) is 4. The number of likely N-dealkylation sites (tertiary alicyclic amines) is 1. The summed E-state index contributed by atoms with van der Waals surface area (Å²) < 4.78 is 4.86. The van der Waals surface area contributed by atoms with E-state index in [1.807, 2.05) is 0 Å². The largest absolute Gasteiger partial charge is 0.344 e. The van der Waals surface area contributed by atoms with Gasteiger partial charge in [-0.2, -0.15) is 4.98 Å². The van der Waals surface area contributed by atoms with Crippen molar-refractivity contribution in [2.75, 3.05) is 27.2 Å². The van der Waals surface area contributed by atoms with Crippen molar-refractivity contribution in [3.05, 3.63) is 11.7 Å². The number of nitrogens with one attached hydrogen (secondary N) is 1. The number of likely N-dealkylation sites (N-methyl/N-ethyl adjacent to an activating group) is 2. The molecule has 20 heavy (non-hydrogen) atoms. The second-order valence-electron chi connectivity index (χ2n) is 4.95. The SMILES string of the molecule is Cc1nc(CCN(C)C(=O)N[C@@H]2CCN(C)C2=O)no1. The second-order valence-corrected chi connectivity index (χ2v) is 4.95. The van der Waals surface area contributed by atoms with Crippen LogP contribution in [-0.2, 0) is 11.2 Å². The van der Waals surface area contributed by atoms with Crippen LogP contribution >= 0.6 is 0 Å². The lowest BCUT2D eigenvalue weighted by atomic mass is 10.2. The molecule has 1 aliphatic rings. The van der Waals surface area contributed by atoms with Gasteiger partial charge in [0, 0.05) is 40.5 Å². The Balaban J connectivity index is 1.79. The summed E-state index contributed by atoms with van der Waals surface area (Å²) in [6, 6.07) is -0.679. The Morgan fingerprint density at radius 2 is 2.35 bits per heavy atom. The molecule has 1 N–H and O–H groups in total. The molecule has 0 radical (unpaired) electrons. The van der Waals surface area contributed by atoms with Crippen molar-refractivity contribution in [1.82, 2.24) is 25.3 Å². The Hall–Kier alpha value is -2.12. The maximum Gasteiger partial charge on any atom is 0.317 e. The van der Waals surface area contributed by atoms with Gasteiger partial charge >= 0.3 is 6.03 Å². The Labute approximate surface area is 117 Å². The maximum absolute atomic E-state index is 12.0. The molecule has 8 heteroatoms. The molecule has 8 nitrogen and oxygen atoms in total. The first kappa shape index (κ1) is 14.3. The molecule has 0 saturated carbocycles. The number of carbonyl (C=O) groups is 2. The van der Waals surface area contributed by atoms with Gasteiger partial charge < -0.3 is 19.6 Å². The average Bonchev–Trinajstić information content (AvgIpc) is 2.96. The van der Waals surface area contributed by atoms with Crippen LogP contribution in [0.4, 0.5) is 4.79 Å². The first-order valence-electron chi connectivity index (χ1n) is 6.53. The lowest BCUT2D eigenvalue weighted by Crippen LogP contribution is -2.46. The second kappa shape index (κ2) is 5.89. The molecule has 1 aliphatic heterocycles. The minimum Gasteiger partial charge on any atom is -0.344 e. The highest BCUT2D eigenvalue weighted by molar-refractivity contribution is 5.88. The molecule has 0 unspecified atom stereocenters. The van der Waals surface area contributed by atoms with Crippen molar-refractivity contribution in [3.8, 4) is 0 Å². The predicted octanol–water partition coefficient (Wildman–Crippen LogP) is -0.207. The number of hydrogen-bond acceptors (Lipinski definition) is 5. The normalized spacial score (nSPS) is 18.4. The van der Waals surface area contributed by atoms with Crippen LogP contribution in [0.15, 0.2) is 4.52 Å². The van der Waals surface area contributed by atoms with Crippen molar-refractivity contribution in [3.63, 3.8) is 0 Å². The maximum atomic E-state index is 12.0. The third-order valence-electron chi connectivity index (χ3n) is 3.31. The molecule has 2 rings (SSSR count). The number of urea groups is 1. The van der Waals surface area contributed by atoms with E-state index in [-0.39, 0.29) is 11.9 Å². The zero-order chi connectivity index (χ0) is 14.7. The summed E-state index contributed by atoms with van der Waals surface area (Å²) in [5, 5.41) is 6.50. The number of rotatable bonds is 4. The zero-order valence-electron chi connectivity index (χ0n) is 11.9. The van der Waals surface area contributed by atoms with Crippen molar-refractivity contribution >= 4 is 11.9 Å². The van der Waals surface area contributed by atoms with Gasteiger partial charge in [-0.25, -0.2) is 4.79 Å². The van der Waals surface area contributed by atoms with E-state index >= 15 is 0 Å². The molecule has 1 aromatic heterocycles. The van der Waals surface area contributed by atoms with Gasteiger partial charge in [-0.3, -0.25) is 4.79 Å². The van der Waals surface area contributed by atoms with Gasteiger partial charge in [0.05, 0.1) is 0 Å². The van der Waals surface area contributed by atoms with Gasteiger partial charge in [-0.1, -0.05) is 5.16 Å². The van der Waals surface area contributed by atoms with Crippen LogP contribution in [0.1, 0.15) is 18.1 Å². The van der Waals surface area contributed by atoms with Crippen molar-refractivity contribution in [1.29, 1.82) is 0 Å². The molecule has 2 heterocycles. The van der Waals surface area contributed by atoms with Crippen LogP contribution in [-0.4, -0.2) is 65.1 Å². The van der Waals surface area contributed by atoms with E-state index in [4.69, 9.17) is 4.52 Å². The number of hydrogen-bond donors (Lipinski definition) is 1. The summed E-state index contributed by atoms with van der Waals surface area (Å²) in [6.45, 7) is 2.85. The predicted molar refractivity (Wildman–Crippen MR) is 69.9 cm³/mol. The van der Waals surface area contributed by atoms with E-state index in [1.54, 1.807) is 25.9 Å². The van der Waals surface area contributed by atoms with Gasteiger partial charge in [0.25, 0.3) is 0 Å². The minimum absolute atomic E-state index is 0.0412. The third-order valence-corrected chi connectivity index (χ3v) is 3.31. The monoisotopic (exact) mass is 281 g/mol. The van der Waals surface area contributed by atoms with Gasteiger partial charge in [-0.05, 0) is 6.42 Å². The summed E-state index contributed by atoms with van der Waals surface area (Å²) >= 11 is 0. The molecule has 110 valence electrons. The van der Waals surface area contributed by atoms with E-state index in [0.29, 0.717) is 37.6 Å². The number of aryl methyl sites for hydroxylation is 1. The summed E-state index contributed by atoms with van der Waals surface area (Å²) in [4.78, 5) is 30.9. The van der Waals surface area contributed by atoms with Crippen LogP contribution < -0.4 is 5.32 Å². The quantitative estimate of drug-likeness (QED) is 0.824. The van der Waals surface area contributed by atoms with Gasteiger partial charge in [0.2, 0.25) is 11.8 Å². The molecule has 1 saturated heterocycles. The van der Waals surface area contributed by atoms with Crippen molar-refractivity contribution in [2.45, 2.75) is 25.8 Å². The lowest BCUT2D eigenvalue weighted by molar-refractivity contribution is -0.128. The van der Waals surface area contributed by atoms with E-state index < -0.39 is 6.04 Å². The highest BCUT2D eigenvalue weighted by Crippen LogP contribution is 2.08. The molecular weight excluding hydrogens is 262 g/mol. The summed E-state index contributed by atoms with van der Waals surface area (Å²) in [6.07, 6.45) is 1.17. The smallest absolute Gasteiger partial charge is 0.317 e. The van der Waals surface area contributed by atoms with Crippen LogP contribution in [0.2, 0.25) is 0 Å². The Morgan fingerprint density at radius 3 is 2.90 bits per heavy atom. The number of aromatic nitrogens is 2. The fourth-order valence-electron chi connectivity index (χ4n) is 2.03. The van der Waals surface area contributed by atoms with Crippen LogP contribution in [0, 0.1) is 6.92 Å². The van der Waals surface area contributed by atoms with Crippen molar-refractivity contribution < 1.29 is 14.1 Å². The highest BCUT2D eigenvalue weighted by atomic mass is 16.5. The third kappa shape index (κ3) is 3.25. The van der Waals surface area contributed by atoms with Gasteiger partial charge in [0.1, 0.15) is 6.04 Å². The fraction of sp³-hybridized carbons (Fsp3) is 0.667. The molecule has 1 fully saturated rings. The highest BCUT2D eigenvalue weighted by Gasteiger charge is 2.30. The Bertz CT molecular complexity index is 501. The van der Waals surface area contributed by atoms with Crippen LogP contribution in [0.3, 0.4) is 0 Å². The van der Waals surface area contributed by atoms with Crippen LogP contribution in [0.25, 0.3) is 0 Å². The Kier molecular flexibility index (Phi) is 4.21. The number of carbonyl (C=O) groups excluding carboxylic acids is 2. The molecule has 0 aromatic carbocycles. The van der Waals surface area contributed by atoms with Gasteiger partial charge in [0.15, 0.2) is 5.82 Å². The molecule has 1 atom stereocenters. The number of amides is 3. The minimum atomic E-state index is -0.414. The van der Waals surface area contributed by atoms with Crippen LogP contribution in [0.5, 0.6) is 0 Å². The molecule has 0 aliphatic carbocycles. The van der Waals surface area contributed by atoms with E-state index in [0.717, 1.165) is 0 Å². The summed E-state index contributed by atoms with van der Waals surface area (Å²) in [5.41, 5.74) is 0. The molecular formula is C12H19N5O3. The van der Waals surface area contributed by atoms with E-state index in [9.17, 15) is 9.59 Å². The fourth-order valence-corrected chi connectivity index (χ4v) is 2.03. The molecule has 0 spiro atoms. The lowest BCUT2D eigenvalue weighted by Gasteiger charge is -2.19. The van der Waals surface area contributed by atoms with E-state index in [2.05, 4.69) is 15.5 Å². The summed E-state index contributed by atoms with van der Waals surface area (Å²) in [7, 11) is 3.40. The topological polar surface area (TPSA) is 91.6 Å². The first-order valence-corrected chi connectivity index (χ1v) is 6.53. The average molecular weight is 281 g/mol. The zero-order valence-corrected chi connectivity index (χ0v) is 11.9. The molecule has 1 aromatic rings. The molecule has 0 bridgehead atoms. The Morgan fingerprint density at radius 1 is 1.60 bits per heavy atom. The standard InChI is InChI=1S/C12H19N5O3/c1-8-13-10(15-20-8)5-7-17(3)12(19)14-9-4-6-16(2)11(9)18/h9H,4-7H2,1-3H3,(H,14,19)/t9-/m1/s1. The first-order chi connectivity index (χ1) is 9.47. The van der Waals surface area contributed by atoms with Gasteiger partial charge in [-0.15, -0.1) is 0 Å². The summed E-state index contributed by atoms with van der Waals surface area (Å²) in [5.74, 6) is 1.03.